The summed E-state index contributed by atoms with van der Waals surface area (Å²) in [5.41, 5.74) is 3.36. The summed E-state index contributed by atoms with van der Waals surface area (Å²) in [6.45, 7) is 1.47. The van der Waals surface area contributed by atoms with Crippen LogP contribution in [0.5, 0.6) is 11.5 Å². The molecule has 0 aliphatic carbocycles. The molecule has 1 aliphatic rings. The van der Waals surface area contributed by atoms with Crippen molar-refractivity contribution in [2.45, 2.75) is 18.9 Å². The second kappa shape index (κ2) is 6.57. The van der Waals surface area contributed by atoms with Crippen LogP contribution in [0.2, 0.25) is 0 Å². The highest BCUT2D eigenvalue weighted by atomic mass is 16.5. The van der Waals surface area contributed by atoms with Crippen molar-refractivity contribution in [3.05, 3.63) is 48.7 Å². The molecule has 0 radical (unpaired) electrons. The van der Waals surface area contributed by atoms with Crippen LogP contribution in [0.4, 0.5) is 0 Å². The largest absolute Gasteiger partial charge is 0.497 e. The van der Waals surface area contributed by atoms with Crippen LogP contribution in [0.15, 0.2) is 48.7 Å². The third-order valence-electron chi connectivity index (χ3n) is 4.49. The van der Waals surface area contributed by atoms with E-state index in [1.165, 1.54) is 0 Å². The van der Waals surface area contributed by atoms with Crippen LogP contribution < -0.4 is 9.47 Å². The van der Waals surface area contributed by atoms with Crippen molar-refractivity contribution in [2.24, 2.45) is 0 Å². The fourth-order valence-corrected chi connectivity index (χ4v) is 3.18. The molecule has 4 nitrogen and oxygen atoms in total. The van der Waals surface area contributed by atoms with Crippen molar-refractivity contribution in [3.8, 4) is 22.6 Å². The molecule has 0 spiro atoms. The highest BCUT2D eigenvalue weighted by molar-refractivity contribution is 5.96. The Balaban J connectivity index is 1.60. The number of ether oxygens (including phenoxy) is 3. The van der Waals surface area contributed by atoms with Gasteiger partial charge in [0.05, 0.1) is 13.2 Å². The first-order valence-electron chi connectivity index (χ1n) is 8.33. The van der Waals surface area contributed by atoms with E-state index in [-0.39, 0.29) is 6.10 Å². The average molecular weight is 323 g/mol. The van der Waals surface area contributed by atoms with E-state index in [0.717, 1.165) is 53.0 Å². The zero-order chi connectivity index (χ0) is 16.4. The molecule has 1 saturated heterocycles. The van der Waals surface area contributed by atoms with Crippen LogP contribution in [0.1, 0.15) is 12.8 Å². The topological polar surface area (TPSA) is 43.5 Å². The monoisotopic (exact) mass is 323 g/mol. The van der Waals surface area contributed by atoms with Crippen LogP contribution in [0, 0.1) is 0 Å². The molecule has 1 atom stereocenters. The van der Waals surface area contributed by atoms with E-state index in [4.69, 9.17) is 14.2 Å². The Morgan fingerprint density at radius 1 is 1.17 bits per heavy atom. The number of rotatable bonds is 5. The van der Waals surface area contributed by atoms with Crippen molar-refractivity contribution in [1.82, 2.24) is 4.98 Å². The summed E-state index contributed by atoms with van der Waals surface area (Å²) >= 11 is 0. The zero-order valence-electron chi connectivity index (χ0n) is 13.7. The molecule has 0 bridgehead atoms. The first-order chi connectivity index (χ1) is 11.8. The Morgan fingerprint density at radius 2 is 2.12 bits per heavy atom. The van der Waals surface area contributed by atoms with Gasteiger partial charge in [-0.1, -0.05) is 12.1 Å². The van der Waals surface area contributed by atoms with Gasteiger partial charge in [0, 0.05) is 29.3 Å². The summed E-state index contributed by atoms with van der Waals surface area (Å²) in [4.78, 5) is 3.32. The van der Waals surface area contributed by atoms with Crippen molar-refractivity contribution >= 4 is 10.9 Å². The number of benzene rings is 2. The molecule has 124 valence electrons. The van der Waals surface area contributed by atoms with Crippen molar-refractivity contribution in [1.29, 1.82) is 0 Å². The molecule has 2 aromatic carbocycles. The lowest BCUT2D eigenvalue weighted by Crippen LogP contribution is -2.16. The Labute approximate surface area is 141 Å². The minimum absolute atomic E-state index is 0.228. The Hall–Kier alpha value is -2.46. The van der Waals surface area contributed by atoms with Crippen molar-refractivity contribution in [2.75, 3.05) is 20.3 Å². The maximum absolute atomic E-state index is 5.93. The van der Waals surface area contributed by atoms with E-state index in [9.17, 15) is 0 Å². The van der Waals surface area contributed by atoms with Gasteiger partial charge in [-0.15, -0.1) is 0 Å². The molecule has 4 heteroatoms. The van der Waals surface area contributed by atoms with Gasteiger partial charge in [0.2, 0.25) is 0 Å². The third-order valence-corrected chi connectivity index (χ3v) is 4.49. The van der Waals surface area contributed by atoms with Gasteiger partial charge >= 0.3 is 0 Å². The van der Waals surface area contributed by atoms with E-state index in [1.54, 1.807) is 7.11 Å². The van der Waals surface area contributed by atoms with E-state index >= 15 is 0 Å². The Bertz CT molecular complexity index is 834. The molecule has 3 aromatic rings. The van der Waals surface area contributed by atoms with Crippen molar-refractivity contribution in [3.63, 3.8) is 0 Å². The maximum Gasteiger partial charge on any atom is 0.120 e. The van der Waals surface area contributed by atoms with E-state index < -0.39 is 0 Å². The number of fused-ring (bicyclic) bond motifs is 1. The predicted octanol–water partition coefficient (Wildman–Crippen LogP) is 4.40. The summed E-state index contributed by atoms with van der Waals surface area (Å²) in [5, 5.41) is 1.14. The van der Waals surface area contributed by atoms with E-state index in [0.29, 0.717) is 6.61 Å². The number of hydrogen-bond donors (Lipinski definition) is 1. The minimum Gasteiger partial charge on any atom is -0.497 e. The summed E-state index contributed by atoms with van der Waals surface area (Å²) in [6, 6.07) is 14.3. The molecule has 4 rings (SSSR count). The normalized spacial score (nSPS) is 17.3. The SMILES string of the molecule is COc1ccc2[nH]cc(-c3cccc(OC[C@@H]4CCCO4)c3)c2c1. The smallest absolute Gasteiger partial charge is 0.120 e. The van der Waals surface area contributed by atoms with Gasteiger partial charge < -0.3 is 19.2 Å². The van der Waals surface area contributed by atoms with Gasteiger partial charge in [0.15, 0.2) is 0 Å². The van der Waals surface area contributed by atoms with Crippen LogP contribution in [0.25, 0.3) is 22.0 Å². The summed E-state index contributed by atoms with van der Waals surface area (Å²) in [6.07, 6.45) is 4.47. The molecule has 0 unspecified atom stereocenters. The lowest BCUT2D eigenvalue weighted by atomic mass is 10.0. The van der Waals surface area contributed by atoms with E-state index in [2.05, 4.69) is 23.2 Å². The molecular formula is C20H21NO3. The predicted molar refractivity (Wildman–Crippen MR) is 94.8 cm³/mol. The van der Waals surface area contributed by atoms with Crippen molar-refractivity contribution < 1.29 is 14.2 Å². The van der Waals surface area contributed by atoms with Gasteiger partial charge in [-0.3, -0.25) is 0 Å². The van der Waals surface area contributed by atoms with Crippen LogP contribution in [-0.4, -0.2) is 31.4 Å². The van der Waals surface area contributed by atoms with Gasteiger partial charge in [-0.25, -0.2) is 0 Å². The molecule has 1 aromatic heterocycles. The molecule has 1 N–H and O–H groups in total. The summed E-state index contributed by atoms with van der Waals surface area (Å²) in [7, 11) is 1.69. The Morgan fingerprint density at radius 3 is 2.96 bits per heavy atom. The fourth-order valence-electron chi connectivity index (χ4n) is 3.18. The quantitative estimate of drug-likeness (QED) is 0.757. The lowest BCUT2D eigenvalue weighted by molar-refractivity contribution is 0.0680. The molecule has 1 aliphatic heterocycles. The third kappa shape index (κ3) is 2.97. The number of aromatic nitrogens is 1. The van der Waals surface area contributed by atoms with E-state index in [1.807, 2.05) is 30.5 Å². The first-order valence-corrected chi connectivity index (χ1v) is 8.33. The fraction of sp³-hybridized carbons (Fsp3) is 0.300. The van der Waals surface area contributed by atoms with Crippen LogP contribution >= 0.6 is 0 Å². The first kappa shape index (κ1) is 15.1. The second-order valence-electron chi connectivity index (χ2n) is 6.09. The number of hydrogen-bond acceptors (Lipinski definition) is 3. The van der Waals surface area contributed by atoms with Gasteiger partial charge in [0.25, 0.3) is 0 Å². The standard InChI is InChI=1S/C20H21NO3/c1-22-15-7-8-20-18(11-15)19(12-21-20)14-4-2-5-16(10-14)24-13-17-6-3-9-23-17/h2,4-5,7-8,10-12,17,21H,3,6,9,13H2,1H3/t17-/m0/s1. The summed E-state index contributed by atoms with van der Waals surface area (Å²) < 4.78 is 16.9. The highest BCUT2D eigenvalue weighted by Crippen LogP contribution is 2.33. The molecular weight excluding hydrogens is 302 g/mol. The lowest BCUT2D eigenvalue weighted by Gasteiger charge is -2.12. The number of aromatic amines is 1. The van der Waals surface area contributed by atoms with Crippen LogP contribution in [-0.2, 0) is 4.74 Å². The molecule has 0 amide bonds. The molecule has 0 saturated carbocycles. The van der Waals surface area contributed by atoms with Gasteiger partial charge in [0.1, 0.15) is 18.1 Å². The second-order valence-corrected chi connectivity index (χ2v) is 6.09. The number of methoxy groups -OCH3 is 1. The van der Waals surface area contributed by atoms with Gasteiger partial charge in [-0.05, 0) is 48.7 Å². The molecule has 2 heterocycles. The maximum atomic E-state index is 5.93. The minimum atomic E-state index is 0.228. The van der Waals surface area contributed by atoms with Crippen LogP contribution in [0.3, 0.4) is 0 Å². The van der Waals surface area contributed by atoms with Gasteiger partial charge in [-0.2, -0.15) is 0 Å². The average Bonchev–Trinajstić information content (AvgIpc) is 3.29. The Kier molecular flexibility index (Phi) is 4.13. The number of H-pyrrole nitrogens is 1. The number of nitrogens with one attached hydrogen (secondary N) is 1. The highest BCUT2D eigenvalue weighted by Gasteiger charge is 2.16. The molecule has 24 heavy (non-hydrogen) atoms. The zero-order valence-corrected chi connectivity index (χ0v) is 13.7. The summed E-state index contributed by atoms with van der Waals surface area (Å²) in [5.74, 6) is 1.73. The molecule has 1 fully saturated rings.